The van der Waals surface area contributed by atoms with Crippen molar-refractivity contribution in [1.82, 2.24) is 9.97 Å². The molecule has 0 bridgehead atoms. The van der Waals surface area contributed by atoms with Crippen LogP contribution in [0.25, 0.3) is 0 Å². The molecule has 2 aromatic rings. The lowest BCUT2D eigenvalue weighted by Crippen LogP contribution is -2.33. The van der Waals surface area contributed by atoms with Crippen molar-refractivity contribution in [2.45, 2.75) is 19.9 Å². The van der Waals surface area contributed by atoms with Gasteiger partial charge in [-0.05, 0) is 24.1 Å². The second-order valence-electron chi connectivity index (χ2n) is 5.02. The van der Waals surface area contributed by atoms with Crippen LogP contribution in [-0.2, 0) is 13.0 Å². The average molecular weight is 260 g/mol. The smallest absolute Gasteiger partial charge is 0.131 e. The Morgan fingerprint density at radius 2 is 2.15 bits per heavy atom. The molecule has 5 heteroatoms. The van der Waals surface area contributed by atoms with Gasteiger partial charge in [0, 0.05) is 37.6 Å². The number of hydrogen-bond donors (Lipinski definition) is 0. The second-order valence-corrected chi connectivity index (χ2v) is 5.02. The van der Waals surface area contributed by atoms with Crippen LogP contribution in [0.4, 0.5) is 5.82 Å². The molecule has 0 amide bonds. The summed E-state index contributed by atoms with van der Waals surface area (Å²) in [5.74, 6) is 0.928. The van der Waals surface area contributed by atoms with Crippen LogP contribution in [0.3, 0.4) is 0 Å². The van der Waals surface area contributed by atoms with E-state index in [1.54, 1.807) is 12.4 Å². The van der Waals surface area contributed by atoms with Crippen molar-refractivity contribution in [1.29, 1.82) is 5.26 Å². The number of rotatable bonds is 1. The van der Waals surface area contributed by atoms with Crippen molar-refractivity contribution in [3.8, 4) is 6.07 Å². The van der Waals surface area contributed by atoms with Crippen molar-refractivity contribution in [2.75, 3.05) is 11.4 Å². The number of aromatic nitrogens is 2. The summed E-state index contributed by atoms with van der Waals surface area (Å²) in [7, 11) is 5.80. The van der Waals surface area contributed by atoms with Crippen molar-refractivity contribution >= 4 is 19.1 Å². The lowest BCUT2D eigenvalue weighted by molar-refractivity contribution is 0.701. The van der Waals surface area contributed by atoms with Crippen molar-refractivity contribution < 1.29 is 0 Å². The Bertz CT molecular complexity index is 706. The van der Waals surface area contributed by atoms with E-state index in [-0.39, 0.29) is 0 Å². The molecule has 4 nitrogen and oxygen atoms in total. The first-order valence-electron chi connectivity index (χ1n) is 6.52. The number of nitrogens with zero attached hydrogens (tertiary/aromatic N) is 4. The largest absolute Gasteiger partial charge is 0.352 e. The van der Waals surface area contributed by atoms with Crippen LogP contribution in [0.5, 0.6) is 0 Å². The quantitative estimate of drug-likeness (QED) is 0.718. The molecule has 0 unspecified atom stereocenters. The fourth-order valence-corrected chi connectivity index (χ4v) is 2.59. The standard InChI is InChI=1S/C15H13BN4/c1-10-4-11(6-17)7-19-15(10)20-3-2-14-12(9-20)5-13(16)8-18-14/h4-5,7-8H,2-3,9H2,1H3. The lowest BCUT2D eigenvalue weighted by atomic mass is 9.94. The van der Waals surface area contributed by atoms with Gasteiger partial charge in [0.15, 0.2) is 0 Å². The van der Waals surface area contributed by atoms with Gasteiger partial charge in [0.1, 0.15) is 19.7 Å². The summed E-state index contributed by atoms with van der Waals surface area (Å²) >= 11 is 0. The van der Waals surface area contributed by atoms with Gasteiger partial charge in [-0.1, -0.05) is 11.5 Å². The van der Waals surface area contributed by atoms with Crippen LogP contribution in [0.15, 0.2) is 24.5 Å². The van der Waals surface area contributed by atoms with Crippen LogP contribution in [0, 0.1) is 18.3 Å². The molecular formula is C15H13BN4. The summed E-state index contributed by atoms with van der Waals surface area (Å²) in [4.78, 5) is 11.0. The fourth-order valence-electron chi connectivity index (χ4n) is 2.59. The molecule has 2 aromatic heterocycles. The topological polar surface area (TPSA) is 52.8 Å². The van der Waals surface area contributed by atoms with Gasteiger partial charge in [0.2, 0.25) is 0 Å². The number of nitriles is 1. The number of anilines is 1. The van der Waals surface area contributed by atoms with Crippen LogP contribution in [-0.4, -0.2) is 24.4 Å². The van der Waals surface area contributed by atoms with Gasteiger partial charge in [0.05, 0.1) is 5.56 Å². The maximum absolute atomic E-state index is 8.90. The molecule has 2 radical (unpaired) electrons. The number of hydrogen-bond acceptors (Lipinski definition) is 4. The molecule has 0 fully saturated rings. The average Bonchev–Trinajstić information content (AvgIpc) is 2.46. The highest BCUT2D eigenvalue weighted by Gasteiger charge is 2.19. The molecule has 0 atom stereocenters. The van der Waals surface area contributed by atoms with Gasteiger partial charge in [-0.2, -0.15) is 5.26 Å². The van der Waals surface area contributed by atoms with E-state index in [1.807, 2.05) is 19.1 Å². The Kier molecular flexibility index (Phi) is 3.15. The van der Waals surface area contributed by atoms with Gasteiger partial charge in [-0.25, -0.2) is 4.98 Å². The molecule has 0 saturated heterocycles. The molecule has 0 N–H and O–H groups in total. The third-order valence-corrected chi connectivity index (χ3v) is 3.54. The van der Waals surface area contributed by atoms with E-state index in [2.05, 4.69) is 20.9 Å². The van der Waals surface area contributed by atoms with Crippen molar-refractivity contribution in [3.63, 3.8) is 0 Å². The first kappa shape index (κ1) is 12.7. The van der Waals surface area contributed by atoms with E-state index in [0.29, 0.717) is 11.0 Å². The zero-order valence-corrected chi connectivity index (χ0v) is 11.3. The Morgan fingerprint density at radius 1 is 1.30 bits per heavy atom. The summed E-state index contributed by atoms with van der Waals surface area (Å²) in [6, 6.07) is 5.96. The zero-order valence-electron chi connectivity index (χ0n) is 11.3. The van der Waals surface area contributed by atoms with E-state index in [1.165, 1.54) is 0 Å². The number of fused-ring (bicyclic) bond motifs is 1. The molecule has 96 valence electrons. The van der Waals surface area contributed by atoms with Gasteiger partial charge in [0.25, 0.3) is 0 Å². The van der Waals surface area contributed by atoms with Crippen LogP contribution in [0.1, 0.15) is 22.4 Å². The molecule has 0 aromatic carbocycles. The molecule has 20 heavy (non-hydrogen) atoms. The highest BCUT2D eigenvalue weighted by atomic mass is 15.2. The maximum Gasteiger partial charge on any atom is 0.131 e. The summed E-state index contributed by atoms with van der Waals surface area (Å²) in [6.07, 6.45) is 4.21. The van der Waals surface area contributed by atoms with Gasteiger partial charge in [-0.3, -0.25) is 4.98 Å². The van der Waals surface area contributed by atoms with Gasteiger partial charge in [-0.15, -0.1) is 0 Å². The Labute approximate surface area is 119 Å². The number of aryl methyl sites for hydroxylation is 1. The van der Waals surface area contributed by atoms with E-state index in [4.69, 9.17) is 13.1 Å². The molecule has 1 aliphatic rings. The first-order valence-corrected chi connectivity index (χ1v) is 6.52. The lowest BCUT2D eigenvalue weighted by Gasteiger charge is -2.30. The third-order valence-electron chi connectivity index (χ3n) is 3.54. The molecule has 0 saturated carbocycles. The normalized spacial score (nSPS) is 13.7. The molecule has 0 spiro atoms. The minimum absolute atomic E-state index is 0.592. The van der Waals surface area contributed by atoms with E-state index < -0.39 is 0 Å². The molecule has 3 heterocycles. The molecule has 0 aliphatic carbocycles. The SMILES string of the molecule is [B]c1cnc2c(c1)CN(c1ncc(C#N)cc1C)CC2. The van der Waals surface area contributed by atoms with E-state index in [9.17, 15) is 0 Å². The third kappa shape index (κ3) is 2.25. The Balaban J connectivity index is 1.92. The van der Waals surface area contributed by atoms with Crippen LogP contribution in [0.2, 0.25) is 0 Å². The minimum atomic E-state index is 0.592. The second kappa shape index (κ2) is 4.97. The molecular weight excluding hydrogens is 247 g/mol. The van der Waals surface area contributed by atoms with Crippen LogP contribution >= 0.6 is 0 Å². The molecule has 1 aliphatic heterocycles. The first-order chi connectivity index (χ1) is 9.67. The summed E-state index contributed by atoms with van der Waals surface area (Å²) < 4.78 is 0. The summed E-state index contributed by atoms with van der Waals surface area (Å²) in [5.41, 5.74) is 4.57. The summed E-state index contributed by atoms with van der Waals surface area (Å²) in [6.45, 7) is 3.62. The fraction of sp³-hybridized carbons (Fsp3) is 0.267. The zero-order chi connectivity index (χ0) is 14.1. The monoisotopic (exact) mass is 260 g/mol. The predicted molar refractivity (Wildman–Crippen MR) is 78.1 cm³/mol. The Morgan fingerprint density at radius 3 is 2.90 bits per heavy atom. The number of pyridine rings is 2. The highest BCUT2D eigenvalue weighted by Crippen LogP contribution is 2.24. The van der Waals surface area contributed by atoms with Gasteiger partial charge >= 0.3 is 0 Å². The van der Waals surface area contributed by atoms with Crippen molar-refractivity contribution in [3.05, 3.63) is 46.9 Å². The Hall–Kier alpha value is -2.35. The maximum atomic E-state index is 8.90. The van der Waals surface area contributed by atoms with Crippen LogP contribution < -0.4 is 10.4 Å². The minimum Gasteiger partial charge on any atom is -0.352 e. The van der Waals surface area contributed by atoms with Gasteiger partial charge < -0.3 is 4.90 Å². The summed E-state index contributed by atoms with van der Waals surface area (Å²) in [5, 5.41) is 8.90. The van der Waals surface area contributed by atoms with Crippen molar-refractivity contribution in [2.24, 2.45) is 0 Å². The van der Waals surface area contributed by atoms with E-state index >= 15 is 0 Å². The predicted octanol–water partition coefficient (Wildman–Crippen LogP) is 1.01. The van der Waals surface area contributed by atoms with E-state index in [0.717, 1.165) is 42.1 Å². The highest BCUT2D eigenvalue weighted by molar-refractivity contribution is 6.32. The molecule has 3 rings (SSSR count).